The second-order valence-corrected chi connectivity index (χ2v) is 10.8. The first-order valence-electron chi connectivity index (χ1n) is 13.7. The first-order valence-corrected chi connectivity index (χ1v) is 13.7. The molecule has 2 aromatic rings. The second-order valence-electron chi connectivity index (χ2n) is 10.8. The first kappa shape index (κ1) is 33.2. The molecule has 1 aliphatic rings. The van der Waals surface area contributed by atoms with Gasteiger partial charge in [-0.3, -0.25) is 14.4 Å². The molecule has 42 heavy (non-hydrogen) atoms. The average Bonchev–Trinajstić information content (AvgIpc) is 2.92. The quantitative estimate of drug-likeness (QED) is 0.180. The fourth-order valence-electron chi connectivity index (χ4n) is 4.90. The molecule has 3 rings (SSSR count). The Hall–Kier alpha value is -3.30. The molecule has 0 unspecified atom stereocenters. The minimum Gasteiger partial charge on any atom is -0.423 e. The van der Waals surface area contributed by atoms with Gasteiger partial charge in [-0.1, -0.05) is 36.4 Å². The third kappa shape index (κ3) is 9.91. The van der Waals surface area contributed by atoms with Crippen LogP contribution in [0.2, 0.25) is 0 Å². The fourth-order valence-corrected chi connectivity index (χ4v) is 4.90. The molecule has 0 radical (unpaired) electrons. The molecule has 1 aliphatic heterocycles. The summed E-state index contributed by atoms with van der Waals surface area (Å²) in [5, 5.41) is 21.5. The molecule has 0 aliphatic carbocycles. The number of halogens is 3. The molecular weight excluding hydrogens is 554 g/mol. The highest BCUT2D eigenvalue weighted by molar-refractivity contribution is 6.58. The minimum absolute atomic E-state index is 0.0158. The van der Waals surface area contributed by atoms with Crippen LogP contribution in [0.1, 0.15) is 42.4 Å². The third-order valence-electron chi connectivity index (χ3n) is 7.21. The van der Waals surface area contributed by atoms with Gasteiger partial charge in [0.15, 0.2) is 5.78 Å². The molecule has 0 bridgehead atoms. The van der Waals surface area contributed by atoms with Crippen LogP contribution in [0, 0.1) is 0 Å². The van der Waals surface area contributed by atoms with Crippen LogP contribution in [-0.4, -0.2) is 76.9 Å². The molecule has 0 aromatic heterocycles. The van der Waals surface area contributed by atoms with Crippen molar-refractivity contribution < 1.29 is 37.6 Å². The van der Waals surface area contributed by atoms with Crippen molar-refractivity contribution in [3.8, 4) is 0 Å². The molecule has 0 saturated carbocycles. The lowest BCUT2D eigenvalue weighted by molar-refractivity contribution is -0.137. The van der Waals surface area contributed by atoms with E-state index >= 15 is 0 Å². The number of carbonyl (C=O) groups is 3. The Morgan fingerprint density at radius 1 is 1.00 bits per heavy atom. The van der Waals surface area contributed by atoms with Crippen LogP contribution in [0.25, 0.3) is 0 Å². The number of amides is 2. The molecule has 228 valence electrons. The lowest BCUT2D eigenvalue weighted by Crippen LogP contribution is -2.54. The SMILES string of the molecule is N[C@@H]1C[C@H](N)CN(C(=O)CC[C@H](N)C(=O)N[C@H](CCc2ccc(C(F)(F)F)cc2)C(=O)Cc2cccc(B(O)O)c2)C1. The summed E-state index contributed by atoms with van der Waals surface area (Å²) >= 11 is 0. The van der Waals surface area contributed by atoms with Gasteiger partial charge in [0.25, 0.3) is 0 Å². The number of nitrogens with zero attached hydrogens (tertiary/aromatic N) is 1. The van der Waals surface area contributed by atoms with Crippen molar-refractivity contribution in [1.82, 2.24) is 10.2 Å². The van der Waals surface area contributed by atoms with Crippen LogP contribution in [-0.2, 0) is 33.4 Å². The van der Waals surface area contributed by atoms with E-state index in [9.17, 15) is 37.6 Å². The minimum atomic E-state index is -4.48. The largest absolute Gasteiger partial charge is 0.488 e. The summed E-state index contributed by atoms with van der Waals surface area (Å²) in [5.41, 5.74) is 18.4. The lowest BCUT2D eigenvalue weighted by Gasteiger charge is -2.34. The van der Waals surface area contributed by atoms with E-state index in [2.05, 4.69) is 5.32 Å². The van der Waals surface area contributed by atoms with Crippen molar-refractivity contribution in [2.75, 3.05) is 13.1 Å². The number of Topliss-reactive ketones (excluding diaryl/α,β-unsaturated/α-hetero) is 1. The summed E-state index contributed by atoms with van der Waals surface area (Å²) in [7, 11) is -1.73. The van der Waals surface area contributed by atoms with E-state index in [1.807, 2.05) is 0 Å². The predicted molar refractivity (Wildman–Crippen MR) is 151 cm³/mol. The summed E-state index contributed by atoms with van der Waals surface area (Å²) in [6, 6.07) is 8.04. The zero-order valence-electron chi connectivity index (χ0n) is 23.1. The molecule has 9 N–H and O–H groups in total. The van der Waals surface area contributed by atoms with Crippen molar-refractivity contribution in [2.45, 2.75) is 68.9 Å². The molecular formula is C28H37BF3N5O5. The summed E-state index contributed by atoms with van der Waals surface area (Å²) in [6.07, 6.45) is -3.76. The number of aryl methyl sites for hydroxylation is 1. The third-order valence-corrected chi connectivity index (χ3v) is 7.21. The normalized spacial score (nSPS) is 18.7. The maximum absolute atomic E-state index is 13.3. The number of likely N-dealkylation sites (tertiary alicyclic amines) is 1. The molecule has 0 spiro atoms. The van der Waals surface area contributed by atoms with Crippen molar-refractivity contribution in [2.24, 2.45) is 17.2 Å². The summed E-state index contributed by atoms with van der Waals surface area (Å²) in [6.45, 7) is 0.728. The topological polar surface area (TPSA) is 185 Å². The standard InChI is InChI=1S/C28H37BF3N5O5/c30-28(31,32)19-7-4-17(5-8-19)6-10-24(25(38)13-18-2-1-3-20(12-18)29(41)42)36-27(40)23(35)9-11-26(39)37-15-21(33)14-22(34)16-37/h1-5,7-8,12,21-24,41-42H,6,9-11,13-16,33-35H2,(H,36,40)/t21-,22+,23-,24+/m0/s1. The van der Waals surface area contributed by atoms with Crippen LogP contribution in [0.3, 0.4) is 0 Å². The van der Waals surface area contributed by atoms with Crippen molar-refractivity contribution in [3.63, 3.8) is 0 Å². The van der Waals surface area contributed by atoms with Crippen LogP contribution >= 0.6 is 0 Å². The Kier molecular flexibility index (Phi) is 11.7. The molecule has 2 amide bonds. The molecule has 10 nitrogen and oxygen atoms in total. The fraction of sp³-hybridized carbons (Fsp3) is 0.464. The zero-order valence-corrected chi connectivity index (χ0v) is 23.1. The summed E-state index contributed by atoms with van der Waals surface area (Å²) in [5.74, 6) is -1.29. The van der Waals surface area contributed by atoms with Gasteiger partial charge in [-0.25, -0.2) is 0 Å². The predicted octanol–water partition coefficient (Wildman–Crippen LogP) is -0.391. The van der Waals surface area contributed by atoms with Gasteiger partial charge in [-0.15, -0.1) is 0 Å². The van der Waals surface area contributed by atoms with Gasteiger partial charge in [0, 0.05) is 38.0 Å². The van der Waals surface area contributed by atoms with Gasteiger partial charge in [-0.05, 0) is 54.4 Å². The number of ketones is 1. The number of nitrogens with two attached hydrogens (primary N) is 3. The highest BCUT2D eigenvalue weighted by Gasteiger charge is 2.31. The van der Waals surface area contributed by atoms with Crippen molar-refractivity contribution in [3.05, 3.63) is 65.2 Å². The highest BCUT2D eigenvalue weighted by Crippen LogP contribution is 2.29. The Labute approximate surface area is 242 Å². The number of nitrogens with one attached hydrogen (secondary N) is 1. The molecule has 4 atom stereocenters. The Balaban J connectivity index is 1.66. The van der Waals surface area contributed by atoms with Gasteiger partial charge >= 0.3 is 13.3 Å². The Morgan fingerprint density at radius 3 is 2.24 bits per heavy atom. The number of alkyl halides is 3. The highest BCUT2D eigenvalue weighted by atomic mass is 19.4. The number of rotatable bonds is 12. The number of hydrogen-bond donors (Lipinski definition) is 6. The van der Waals surface area contributed by atoms with E-state index < -0.39 is 42.6 Å². The van der Waals surface area contributed by atoms with E-state index in [1.165, 1.54) is 24.3 Å². The van der Waals surface area contributed by atoms with E-state index in [4.69, 9.17) is 17.2 Å². The Bertz CT molecular complexity index is 1220. The Morgan fingerprint density at radius 2 is 1.64 bits per heavy atom. The lowest BCUT2D eigenvalue weighted by atomic mass is 9.79. The number of hydrogen-bond acceptors (Lipinski definition) is 8. The maximum Gasteiger partial charge on any atom is 0.488 e. The molecule has 1 fully saturated rings. The van der Waals surface area contributed by atoms with Crippen molar-refractivity contribution in [1.29, 1.82) is 0 Å². The molecule has 2 aromatic carbocycles. The van der Waals surface area contributed by atoms with Crippen LogP contribution in [0.5, 0.6) is 0 Å². The summed E-state index contributed by atoms with van der Waals surface area (Å²) in [4.78, 5) is 40.4. The number of piperidine rings is 1. The molecule has 1 saturated heterocycles. The smallest absolute Gasteiger partial charge is 0.423 e. The van der Waals surface area contributed by atoms with Gasteiger partial charge < -0.3 is 37.5 Å². The molecule has 14 heteroatoms. The number of benzene rings is 2. The number of carbonyl (C=O) groups excluding carboxylic acids is 3. The van der Waals surface area contributed by atoms with E-state index in [-0.39, 0.29) is 55.6 Å². The van der Waals surface area contributed by atoms with Gasteiger partial charge in [0.1, 0.15) is 0 Å². The second kappa shape index (κ2) is 14.7. The van der Waals surface area contributed by atoms with Gasteiger partial charge in [0.05, 0.1) is 17.6 Å². The van der Waals surface area contributed by atoms with Crippen LogP contribution < -0.4 is 28.0 Å². The first-order chi connectivity index (χ1) is 19.7. The van der Waals surface area contributed by atoms with E-state index in [1.54, 1.807) is 17.0 Å². The molecule has 1 heterocycles. The van der Waals surface area contributed by atoms with Gasteiger partial charge in [0.2, 0.25) is 11.8 Å². The van der Waals surface area contributed by atoms with E-state index in [0.717, 1.165) is 12.1 Å². The van der Waals surface area contributed by atoms with E-state index in [0.29, 0.717) is 30.6 Å². The monoisotopic (exact) mass is 591 g/mol. The summed E-state index contributed by atoms with van der Waals surface area (Å²) < 4.78 is 38.8. The average molecular weight is 591 g/mol. The maximum atomic E-state index is 13.3. The van der Waals surface area contributed by atoms with Crippen LogP contribution in [0.15, 0.2) is 48.5 Å². The van der Waals surface area contributed by atoms with Crippen molar-refractivity contribution >= 4 is 30.2 Å². The zero-order chi connectivity index (χ0) is 31.0. The van der Waals surface area contributed by atoms with Gasteiger partial charge in [-0.2, -0.15) is 13.2 Å². The van der Waals surface area contributed by atoms with Crippen LogP contribution in [0.4, 0.5) is 13.2 Å².